The quantitative estimate of drug-likeness (QED) is 0.880. The molecule has 1 unspecified atom stereocenters. The maximum Gasteiger partial charge on any atom is 0.274 e. The second-order valence-corrected chi connectivity index (χ2v) is 4.68. The summed E-state index contributed by atoms with van der Waals surface area (Å²) in [6.45, 7) is 2.87. The highest BCUT2D eigenvalue weighted by molar-refractivity contribution is 6.33. The fraction of sp³-hybridized carbons (Fsp3) is 0.500. The van der Waals surface area contributed by atoms with E-state index >= 15 is 0 Å². The minimum Gasteiger partial charge on any atom is -0.384 e. The maximum absolute atomic E-state index is 12.3. The van der Waals surface area contributed by atoms with Crippen molar-refractivity contribution >= 4 is 23.3 Å². The molecule has 0 aliphatic carbocycles. The maximum atomic E-state index is 12.3. The van der Waals surface area contributed by atoms with E-state index in [0.717, 1.165) is 25.8 Å². The van der Waals surface area contributed by atoms with Crippen LogP contribution in [0.3, 0.4) is 0 Å². The van der Waals surface area contributed by atoms with Gasteiger partial charge in [-0.3, -0.25) is 4.79 Å². The van der Waals surface area contributed by atoms with Crippen molar-refractivity contribution in [2.75, 3.05) is 12.3 Å². The van der Waals surface area contributed by atoms with Crippen LogP contribution >= 0.6 is 11.6 Å². The van der Waals surface area contributed by atoms with Gasteiger partial charge < -0.3 is 10.6 Å². The van der Waals surface area contributed by atoms with Crippen molar-refractivity contribution in [3.63, 3.8) is 0 Å². The Bertz CT molecular complexity index is 436. The summed E-state index contributed by atoms with van der Waals surface area (Å²) in [4.78, 5) is 18.2. The van der Waals surface area contributed by atoms with Crippen molar-refractivity contribution < 1.29 is 4.79 Å². The van der Waals surface area contributed by atoms with Gasteiger partial charge in [0.2, 0.25) is 0 Å². The first-order valence-electron chi connectivity index (χ1n) is 5.86. The Hall–Kier alpha value is -1.29. The fourth-order valence-corrected chi connectivity index (χ4v) is 2.46. The zero-order valence-electron chi connectivity index (χ0n) is 9.82. The number of halogens is 1. The lowest BCUT2D eigenvalue weighted by atomic mass is 10.1. The molecule has 0 bridgehead atoms. The second-order valence-electron chi connectivity index (χ2n) is 4.27. The van der Waals surface area contributed by atoms with Crippen LogP contribution in [0.15, 0.2) is 12.1 Å². The third-order valence-corrected chi connectivity index (χ3v) is 3.48. The minimum atomic E-state index is -0.105. The highest BCUT2D eigenvalue weighted by Crippen LogP contribution is 2.24. The number of hydrogen-bond donors (Lipinski definition) is 1. The number of anilines is 1. The van der Waals surface area contributed by atoms with Gasteiger partial charge in [0.1, 0.15) is 11.5 Å². The summed E-state index contributed by atoms with van der Waals surface area (Å²) in [6, 6.07) is 3.52. The van der Waals surface area contributed by atoms with Gasteiger partial charge in [-0.15, -0.1) is 0 Å². The summed E-state index contributed by atoms with van der Waals surface area (Å²) < 4.78 is 0. The molecule has 1 amide bonds. The number of nitrogens with two attached hydrogens (primary N) is 1. The smallest absolute Gasteiger partial charge is 0.274 e. The number of rotatable bonds is 2. The Balaban J connectivity index is 2.27. The topological polar surface area (TPSA) is 59.2 Å². The molecule has 1 aromatic rings. The number of nitrogens with zero attached hydrogens (tertiary/aromatic N) is 2. The standard InChI is InChI=1S/C12H16ClN3O/c1-2-8-4-3-7-16(8)12(17)11-9(13)5-6-10(14)15-11/h5-6,8H,2-4,7H2,1H3,(H2,14,15). The fourth-order valence-electron chi connectivity index (χ4n) is 2.27. The van der Waals surface area contributed by atoms with E-state index in [1.165, 1.54) is 0 Å². The van der Waals surface area contributed by atoms with Crippen molar-refractivity contribution in [3.8, 4) is 0 Å². The summed E-state index contributed by atoms with van der Waals surface area (Å²) in [7, 11) is 0. The number of nitrogen functional groups attached to an aromatic ring is 1. The lowest BCUT2D eigenvalue weighted by Gasteiger charge is -2.23. The van der Waals surface area contributed by atoms with Gasteiger partial charge >= 0.3 is 0 Å². The number of likely N-dealkylation sites (tertiary alicyclic amines) is 1. The van der Waals surface area contributed by atoms with E-state index in [4.69, 9.17) is 17.3 Å². The van der Waals surface area contributed by atoms with Gasteiger partial charge in [0, 0.05) is 12.6 Å². The average molecular weight is 254 g/mol. The third kappa shape index (κ3) is 2.36. The number of carbonyl (C=O) groups is 1. The summed E-state index contributed by atoms with van der Waals surface area (Å²) in [5.74, 6) is 0.219. The van der Waals surface area contributed by atoms with Crippen molar-refractivity contribution in [1.29, 1.82) is 0 Å². The van der Waals surface area contributed by atoms with Crippen LogP contribution in [-0.2, 0) is 0 Å². The molecule has 2 rings (SSSR count). The monoisotopic (exact) mass is 253 g/mol. The first-order chi connectivity index (χ1) is 8.13. The van der Waals surface area contributed by atoms with E-state index in [9.17, 15) is 4.79 Å². The van der Waals surface area contributed by atoms with Crippen molar-refractivity contribution in [2.45, 2.75) is 32.2 Å². The van der Waals surface area contributed by atoms with E-state index in [1.807, 2.05) is 4.90 Å². The molecule has 17 heavy (non-hydrogen) atoms. The van der Waals surface area contributed by atoms with Crippen molar-refractivity contribution in [1.82, 2.24) is 9.88 Å². The zero-order chi connectivity index (χ0) is 12.4. The number of carbonyl (C=O) groups excluding carboxylic acids is 1. The van der Waals surface area contributed by atoms with Gasteiger partial charge in [0.05, 0.1) is 5.02 Å². The predicted molar refractivity (Wildman–Crippen MR) is 68.0 cm³/mol. The van der Waals surface area contributed by atoms with Crippen LogP contribution in [0.2, 0.25) is 5.02 Å². The van der Waals surface area contributed by atoms with Crippen molar-refractivity contribution in [2.24, 2.45) is 0 Å². The molecule has 92 valence electrons. The molecule has 5 heteroatoms. The van der Waals surface area contributed by atoms with E-state index in [-0.39, 0.29) is 11.6 Å². The number of amides is 1. The van der Waals surface area contributed by atoms with Crippen LogP contribution in [0.25, 0.3) is 0 Å². The molecule has 1 aliphatic rings. The van der Waals surface area contributed by atoms with E-state index < -0.39 is 0 Å². The molecule has 0 saturated carbocycles. The molecule has 4 nitrogen and oxygen atoms in total. The van der Waals surface area contributed by atoms with E-state index in [2.05, 4.69) is 11.9 Å². The predicted octanol–water partition coefficient (Wildman–Crippen LogP) is 2.33. The lowest BCUT2D eigenvalue weighted by Crippen LogP contribution is -2.35. The van der Waals surface area contributed by atoms with Crippen LogP contribution < -0.4 is 5.73 Å². The van der Waals surface area contributed by atoms with Crippen LogP contribution in [0, 0.1) is 0 Å². The molecule has 1 aliphatic heterocycles. The minimum absolute atomic E-state index is 0.105. The molecule has 1 fully saturated rings. The molecular weight excluding hydrogens is 238 g/mol. The van der Waals surface area contributed by atoms with Gasteiger partial charge in [-0.25, -0.2) is 4.98 Å². The summed E-state index contributed by atoms with van der Waals surface area (Å²) in [6.07, 6.45) is 3.07. The molecule has 0 radical (unpaired) electrons. The van der Waals surface area contributed by atoms with Gasteiger partial charge in [-0.05, 0) is 31.4 Å². The van der Waals surface area contributed by atoms with Gasteiger partial charge in [0.15, 0.2) is 0 Å². The Morgan fingerprint density at radius 3 is 3.12 bits per heavy atom. The van der Waals surface area contributed by atoms with Gasteiger partial charge in [0.25, 0.3) is 5.91 Å². The highest BCUT2D eigenvalue weighted by atomic mass is 35.5. The molecule has 1 saturated heterocycles. The molecular formula is C12H16ClN3O. The van der Waals surface area contributed by atoms with Crippen LogP contribution in [0.5, 0.6) is 0 Å². The Morgan fingerprint density at radius 1 is 1.65 bits per heavy atom. The van der Waals surface area contributed by atoms with E-state index in [0.29, 0.717) is 16.9 Å². The van der Waals surface area contributed by atoms with Gasteiger partial charge in [-0.2, -0.15) is 0 Å². The first-order valence-corrected chi connectivity index (χ1v) is 6.24. The zero-order valence-corrected chi connectivity index (χ0v) is 10.6. The Labute approximate surface area is 106 Å². The first kappa shape index (κ1) is 12.2. The SMILES string of the molecule is CCC1CCCN1C(=O)c1nc(N)ccc1Cl. The number of hydrogen-bond acceptors (Lipinski definition) is 3. The second kappa shape index (κ2) is 4.92. The average Bonchev–Trinajstić information content (AvgIpc) is 2.79. The number of pyridine rings is 1. The summed E-state index contributed by atoms with van der Waals surface area (Å²) in [5.41, 5.74) is 5.86. The van der Waals surface area contributed by atoms with Crippen LogP contribution in [-0.4, -0.2) is 28.4 Å². The molecule has 1 atom stereocenters. The third-order valence-electron chi connectivity index (χ3n) is 3.18. The Kier molecular flexibility index (Phi) is 3.52. The van der Waals surface area contributed by atoms with Gasteiger partial charge in [-0.1, -0.05) is 18.5 Å². The Morgan fingerprint density at radius 2 is 2.41 bits per heavy atom. The summed E-state index contributed by atoms with van der Waals surface area (Å²) in [5, 5.41) is 0.367. The van der Waals surface area contributed by atoms with Crippen molar-refractivity contribution in [3.05, 3.63) is 22.8 Å². The lowest BCUT2D eigenvalue weighted by molar-refractivity contribution is 0.0728. The molecule has 1 aromatic heterocycles. The van der Waals surface area contributed by atoms with Crippen LogP contribution in [0.4, 0.5) is 5.82 Å². The molecule has 0 spiro atoms. The number of aromatic nitrogens is 1. The normalized spacial score (nSPS) is 19.6. The van der Waals surface area contributed by atoms with Crippen LogP contribution in [0.1, 0.15) is 36.7 Å². The largest absolute Gasteiger partial charge is 0.384 e. The molecule has 2 N–H and O–H groups in total. The molecule has 0 aromatic carbocycles. The summed E-state index contributed by atoms with van der Waals surface area (Å²) >= 11 is 5.99. The molecule has 2 heterocycles. The highest BCUT2D eigenvalue weighted by Gasteiger charge is 2.29. The van der Waals surface area contributed by atoms with E-state index in [1.54, 1.807) is 12.1 Å².